The first-order chi connectivity index (χ1) is 8.97. The fourth-order valence-corrected chi connectivity index (χ4v) is 2.42. The molecule has 19 heavy (non-hydrogen) atoms. The van der Waals surface area contributed by atoms with Gasteiger partial charge in [0.1, 0.15) is 0 Å². The number of aliphatic carboxylic acids is 1. The van der Waals surface area contributed by atoms with Crippen LogP contribution in [0.4, 0.5) is 0 Å². The van der Waals surface area contributed by atoms with Crippen LogP contribution in [0.25, 0.3) is 11.0 Å². The third kappa shape index (κ3) is 2.23. The highest BCUT2D eigenvalue weighted by atomic mass is 16.4. The zero-order chi connectivity index (χ0) is 13.6. The van der Waals surface area contributed by atoms with Gasteiger partial charge in [0, 0.05) is 6.04 Å². The summed E-state index contributed by atoms with van der Waals surface area (Å²) >= 11 is 0. The molecule has 1 heterocycles. The molecule has 1 aliphatic carbocycles. The number of nitrogens with zero attached hydrogens (tertiary/aromatic N) is 2. The van der Waals surface area contributed by atoms with Crippen molar-refractivity contribution in [1.82, 2.24) is 9.55 Å². The van der Waals surface area contributed by atoms with Crippen LogP contribution in [-0.4, -0.2) is 20.6 Å². The maximum absolute atomic E-state index is 11.2. The van der Waals surface area contributed by atoms with E-state index in [1.54, 1.807) is 13.8 Å². The number of hydrogen-bond donors (Lipinski definition) is 1. The van der Waals surface area contributed by atoms with Crippen LogP contribution in [-0.2, 0) is 11.2 Å². The summed E-state index contributed by atoms with van der Waals surface area (Å²) in [5, 5.41) is 9.18. The van der Waals surface area contributed by atoms with Gasteiger partial charge in [-0.05, 0) is 50.8 Å². The van der Waals surface area contributed by atoms with Gasteiger partial charge in [-0.25, -0.2) is 4.98 Å². The number of rotatable bonds is 4. The molecule has 1 aromatic carbocycles. The number of carboxylic acids is 1. The lowest BCUT2D eigenvalue weighted by Gasteiger charge is -2.18. The van der Waals surface area contributed by atoms with Crippen molar-refractivity contribution < 1.29 is 9.90 Å². The first-order valence-electron chi connectivity index (χ1n) is 6.66. The molecule has 1 N–H and O–H groups in total. The van der Waals surface area contributed by atoms with Gasteiger partial charge in [-0.15, -0.1) is 0 Å². The van der Waals surface area contributed by atoms with Crippen LogP contribution in [0.15, 0.2) is 24.5 Å². The van der Waals surface area contributed by atoms with E-state index in [0.717, 1.165) is 16.6 Å². The summed E-state index contributed by atoms with van der Waals surface area (Å²) in [6, 6.07) is 6.71. The maximum atomic E-state index is 11.2. The average molecular weight is 258 g/mol. The van der Waals surface area contributed by atoms with Crippen molar-refractivity contribution in [2.75, 3.05) is 0 Å². The minimum absolute atomic E-state index is 0.522. The highest BCUT2D eigenvalue weighted by Gasteiger charge is 2.28. The van der Waals surface area contributed by atoms with Gasteiger partial charge in [0.2, 0.25) is 0 Å². The predicted octanol–water partition coefficient (Wildman–Crippen LogP) is 3.02. The molecule has 100 valence electrons. The zero-order valence-corrected chi connectivity index (χ0v) is 11.3. The van der Waals surface area contributed by atoms with Gasteiger partial charge >= 0.3 is 5.97 Å². The lowest BCUT2D eigenvalue weighted by molar-refractivity contribution is -0.146. The molecule has 4 nitrogen and oxygen atoms in total. The van der Waals surface area contributed by atoms with E-state index in [2.05, 4.69) is 15.6 Å². The van der Waals surface area contributed by atoms with E-state index in [0.29, 0.717) is 12.5 Å². The van der Waals surface area contributed by atoms with E-state index in [4.69, 9.17) is 0 Å². The summed E-state index contributed by atoms with van der Waals surface area (Å²) in [4.78, 5) is 15.6. The summed E-state index contributed by atoms with van der Waals surface area (Å²) in [7, 11) is 0. The number of hydrogen-bond acceptors (Lipinski definition) is 2. The van der Waals surface area contributed by atoms with Crippen molar-refractivity contribution in [3.05, 3.63) is 30.1 Å². The minimum atomic E-state index is -0.767. The third-order valence-electron chi connectivity index (χ3n) is 3.80. The number of fused-ring (bicyclic) bond motifs is 1. The molecule has 1 fully saturated rings. The Bertz CT molecular complexity index is 639. The number of benzene rings is 1. The van der Waals surface area contributed by atoms with E-state index < -0.39 is 11.4 Å². The summed E-state index contributed by atoms with van der Waals surface area (Å²) < 4.78 is 2.22. The van der Waals surface area contributed by atoms with Crippen molar-refractivity contribution in [2.45, 2.75) is 39.2 Å². The van der Waals surface area contributed by atoms with Crippen LogP contribution in [0.1, 0.15) is 38.3 Å². The molecule has 0 radical (unpaired) electrons. The second kappa shape index (κ2) is 4.08. The highest BCUT2D eigenvalue weighted by Crippen LogP contribution is 2.37. The quantitative estimate of drug-likeness (QED) is 0.917. The highest BCUT2D eigenvalue weighted by molar-refractivity contribution is 5.77. The van der Waals surface area contributed by atoms with Crippen molar-refractivity contribution in [3.8, 4) is 0 Å². The summed E-state index contributed by atoms with van der Waals surface area (Å²) in [6.45, 7) is 3.50. The Kier molecular flexibility index (Phi) is 2.62. The number of aromatic nitrogens is 2. The molecule has 0 aliphatic heterocycles. The van der Waals surface area contributed by atoms with E-state index in [1.165, 1.54) is 12.8 Å². The standard InChI is InChI=1S/C15H18N2O2/c1-15(2,14(18)19)8-10-3-6-13-12(7-10)16-9-17(13)11-4-5-11/h3,6-7,9,11H,4-5,8H2,1-2H3,(H,18,19). The molecule has 1 aliphatic rings. The molecular formula is C15H18N2O2. The fourth-order valence-electron chi connectivity index (χ4n) is 2.42. The van der Waals surface area contributed by atoms with Gasteiger partial charge in [-0.2, -0.15) is 0 Å². The van der Waals surface area contributed by atoms with Gasteiger partial charge in [0.25, 0.3) is 0 Å². The molecule has 2 aromatic rings. The van der Waals surface area contributed by atoms with Crippen LogP contribution in [0.3, 0.4) is 0 Å². The summed E-state index contributed by atoms with van der Waals surface area (Å²) in [5.74, 6) is -0.767. The molecule has 0 spiro atoms. The summed E-state index contributed by atoms with van der Waals surface area (Å²) in [6.07, 6.45) is 4.89. The van der Waals surface area contributed by atoms with Crippen LogP contribution in [0, 0.1) is 5.41 Å². The van der Waals surface area contributed by atoms with E-state index in [1.807, 2.05) is 18.5 Å². The fraction of sp³-hybridized carbons (Fsp3) is 0.467. The first-order valence-corrected chi connectivity index (χ1v) is 6.66. The van der Waals surface area contributed by atoms with Crippen LogP contribution < -0.4 is 0 Å². The molecule has 1 saturated carbocycles. The molecule has 0 amide bonds. The lowest BCUT2D eigenvalue weighted by atomic mass is 9.86. The van der Waals surface area contributed by atoms with Gasteiger partial charge in [0.05, 0.1) is 22.8 Å². The lowest BCUT2D eigenvalue weighted by Crippen LogP contribution is -2.26. The van der Waals surface area contributed by atoms with Crippen LogP contribution >= 0.6 is 0 Å². The van der Waals surface area contributed by atoms with Gasteiger partial charge in [0.15, 0.2) is 0 Å². The largest absolute Gasteiger partial charge is 0.481 e. The third-order valence-corrected chi connectivity index (χ3v) is 3.80. The molecule has 0 saturated heterocycles. The van der Waals surface area contributed by atoms with Gasteiger partial charge in [-0.3, -0.25) is 4.79 Å². The molecule has 0 unspecified atom stereocenters. The monoisotopic (exact) mass is 258 g/mol. The average Bonchev–Trinajstić information content (AvgIpc) is 3.09. The Labute approximate surface area is 112 Å². The maximum Gasteiger partial charge on any atom is 0.309 e. The topological polar surface area (TPSA) is 55.1 Å². The first kappa shape index (κ1) is 12.2. The Morgan fingerprint density at radius 3 is 2.84 bits per heavy atom. The molecule has 3 rings (SSSR count). The minimum Gasteiger partial charge on any atom is -0.481 e. The Morgan fingerprint density at radius 2 is 2.21 bits per heavy atom. The Morgan fingerprint density at radius 1 is 1.47 bits per heavy atom. The Hall–Kier alpha value is -1.84. The molecule has 1 aromatic heterocycles. The van der Waals surface area contributed by atoms with E-state index >= 15 is 0 Å². The van der Waals surface area contributed by atoms with Crippen molar-refractivity contribution in [2.24, 2.45) is 5.41 Å². The number of imidazole rings is 1. The summed E-state index contributed by atoms with van der Waals surface area (Å²) in [5.41, 5.74) is 2.40. The van der Waals surface area contributed by atoms with Crippen LogP contribution in [0.5, 0.6) is 0 Å². The molecule has 4 heteroatoms. The zero-order valence-electron chi connectivity index (χ0n) is 11.3. The second-order valence-electron chi connectivity index (χ2n) is 6.07. The van der Waals surface area contributed by atoms with Gasteiger partial charge < -0.3 is 9.67 Å². The number of carboxylic acid groups (broad SMARTS) is 1. The Balaban J connectivity index is 1.92. The molecule has 0 bridgehead atoms. The van der Waals surface area contributed by atoms with Crippen molar-refractivity contribution in [1.29, 1.82) is 0 Å². The number of carbonyl (C=O) groups is 1. The predicted molar refractivity (Wildman–Crippen MR) is 73.1 cm³/mol. The van der Waals surface area contributed by atoms with Crippen molar-refractivity contribution >= 4 is 17.0 Å². The molecule has 0 atom stereocenters. The smallest absolute Gasteiger partial charge is 0.309 e. The van der Waals surface area contributed by atoms with E-state index in [-0.39, 0.29) is 0 Å². The van der Waals surface area contributed by atoms with Gasteiger partial charge in [-0.1, -0.05) is 6.07 Å². The van der Waals surface area contributed by atoms with E-state index in [9.17, 15) is 9.90 Å². The van der Waals surface area contributed by atoms with Crippen LogP contribution in [0.2, 0.25) is 0 Å². The normalized spacial score (nSPS) is 15.9. The molecular weight excluding hydrogens is 240 g/mol. The SMILES string of the molecule is CC(C)(Cc1ccc2c(c1)ncn2C1CC1)C(=O)O. The van der Waals surface area contributed by atoms with Crippen molar-refractivity contribution in [3.63, 3.8) is 0 Å². The second-order valence-corrected chi connectivity index (χ2v) is 6.07.